The van der Waals surface area contributed by atoms with Crippen molar-refractivity contribution in [1.82, 2.24) is 20.2 Å². The maximum Gasteiger partial charge on any atom is 0.243 e. The van der Waals surface area contributed by atoms with Crippen LogP contribution in [0.1, 0.15) is 24.5 Å². The van der Waals surface area contributed by atoms with Gasteiger partial charge in [0.2, 0.25) is 5.95 Å². The highest BCUT2D eigenvalue weighted by Gasteiger charge is 2.12. The Balaban J connectivity index is 1.70. The molecule has 142 valence electrons. The number of ether oxygens (including phenoxy) is 2. The summed E-state index contributed by atoms with van der Waals surface area (Å²) in [6.07, 6.45) is 0.963. The van der Waals surface area contributed by atoms with Gasteiger partial charge in [0.1, 0.15) is 6.61 Å². The molecule has 0 fully saturated rings. The van der Waals surface area contributed by atoms with Gasteiger partial charge in [-0.2, -0.15) is 0 Å². The average Bonchev–Trinajstić information content (AvgIpc) is 3.14. The Hall–Kier alpha value is -2.61. The minimum Gasteiger partial charge on any atom is -0.493 e. The van der Waals surface area contributed by atoms with Crippen molar-refractivity contribution in [2.45, 2.75) is 33.0 Å². The molecular formula is C19H22BrN5O2. The summed E-state index contributed by atoms with van der Waals surface area (Å²) >= 11 is 3.62. The Morgan fingerprint density at radius 1 is 1.15 bits per heavy atom. The molecule has 2 aromatic carbocycles. The predicted molar refractivity (Wildman–Crippen MR) is 107 cm³/mol. The number of hydrogen-bond acceptors (Lipinski definition) is 6. The fourth-order valence-electron chi connectivity index (χ4n) is 2.59. The summed E-state index contributed by atoms with van der Waals surface area (Å²) in [6.45, 7) is 3.89. The summed E-state index contributed by atoms with van der Waals surface area (Å²) in [6, 6.07) is 13.9. The Morgan fingerprint density at radius 3 is 2.70 bits per heavy atom. The quantitative estimate of drug-likeness (QED) is 0.550. The fraction of sp³-hybridized carbons (Fsp3) is 0.316. The predicted octanol–water partition coefficient (Wildman–Crippen LogP) is 4.05. The van der Waals surface area contributed by atoms with Gasteiger partial charge in [-0.15, -0.1) is 0 Å². The van der Waals surface area contributed by atoms with Gasteiger partial charge >= 0.3 is 0 Å². The molecule has 8 heteroatoms. The van der Waals surface area contributed by atoms with Crippen LogP contribution in [-0.4, -0.2) is 27.3 Å². The lowest BCUT2D eigenvalue weighted by atomic mass is 10.2. The number of rotatable bonds is 9. The number of anilines is 1. The Bertz CT molecular complexity index is 870. The first-order valence-corrected chi connectivity index (χ1v) is 9.53. The molecule has 7 nitrogen and oxygen atoms in total. The molecule has 0 radical (unpaired) electrons. The molecule has 0 spiro atoms. The Kier molecular flexibility index (Phi) is 6.64. The Morgan fingerprint density at radius 2 is 1.96 bits per heavy atom. The highest BCUT2D eigenvalue weighted by molar-refractivity contribution is 9.10. The van der Waals surface area contributed by atoms with Crippen molar-refractivity contribution in [2.24, 2.45) is 0 Å². The van der Waals surface area contributed by atoms with Gasteiger partial charge in [0.25, 0.3) is 0 Å². The molecule has 1 heterocycles. The molecule has 1 N–H and O–H groups in total. The number of nitrogens with one attached hydrogen (secondary N) is 1. The lowest BCUT2D eigenvalue weighted by molar-refractivity contribution is 0.284. The second-order valence-corrected chi connectivity index (χ2v) is 6.80. The van der Waals surface area contributed by atoms with E-state index in [9.17, 15) is 0 Å². The van der Waals surface area contributed by atoms with E-state index in [0.717, 1.165) is 28.6 Å². The van der Waals surface area contributed by atoms with Crippen LogP contribution in [0.3, 0.4) is 0 Å². The van der Waals surface area contributed by atoms with Crippen LogP contribution in [-0.2, 0) is 19.7 Å². The average molecular weight is 432 g/mol. The standard InChI is InChI=1S/C19H22BrN5O2/c1-3-9-25-19(22-23-24-25)21-12-15-10-17(26-2)18(11-16(15)20)27-13-14-7-5-4-6-8-14/h4-8,10-11H,3,9,12-13H2,1-2H3,(H,21,22,24). The second-order valence-electron chi connectivity index (χ2n) is 5.95. The summed E-state index contributed by atoms with van der Waals surface area (Å²) in [5.74, 6) is 2.01. The van der Waals surface area contributed by atoms with Gasteiger partial charge in [0, 0.05) is 17.6 Å². The summed E-state index contributed by atoms with van der Waals surface area (Å²) in [4.78, 5) is 0. The summed E-state index contributed by atoms with van der Waals surface area (Å²) in [5.41, 5.74) is 2.12. The SMILES string of the molecule is CCCn1nnnc1NCc1cc(OC)c(OCc2ccccc2)cc1Br. The number of aromatic nitrogens is 4. The van der Waals surface area contributed by atoms with Crippen LogP contribution < -0.4 is 14.8 Å². The molecule has 3 aromatic rings. The molecule has 1 aromatic heterocycles. The van der Waals surface area contributed by atoms with E-state index >= 15 is 0 Å². The van der Waals surface area contributed by atoms with Crippen molar-refractivity contribution in [3.63, 3.8) is 0 Å². The van der Waals surface area contributed by atoms with Gasteiger partial charge in [-0.1, -0.05) is 58.3 Å². The van der Waals surface area contributed by atoms with Crippen LogP contribution in [0, 0.1) is 0 Å². The minimum absolute atomic E-state index is 0.479. The molecule has 0 saturated heterocycles. The fourth-order valence-corrected chi connectivity index (χ4v) is 3.05. The van der Waals surface area contributed by atoms with Gasteiger partial charge in [0.15, 0.2) is 11.5 Å². The first-order valence-electron chi connectivity index (χ1n) is 8.74. The van der Waals surface area contributed by atoms with Gasteiger partial charge < -0.3 is 14.8 Å². The van der Waals surface area contributed by atoms with E-state index in [1.54, 1.807) is 11.8 Å². The molecule has 0 unspecified atom stereocenters. The molecule has 0 bridgehead atoms. The lowest BCUT2D eigenvalue weighted by Gasteiger charge is -2.14. The van der Waals surface area contributed by atoms with Gasteiger partial charge in [-0.05, 0) is 40.1 Å². The van der Waals surface area contributed by atoms with Crippen LogP contribution >= 0.6 is 15.9 Å². The molecule has 0 aliphatic rings. The van der Waals surface area contributed by atoms with Crippen molar-refractivity contribution >= 4 is 21.9 Å². The molecule has 0 saturated carbocycles. The third kappa shape index (κ3) is 4.97. The lowest BCUT2D eigenvalue weighted by Crippen LogP contribution is -2.09. The molecule has 0 amide bonds. The zero-order valence-electron chi connectivity index (χ0n) is 15.4. The van der Waals surface area contributed by atoms with E-state index in [1.165, 1.54) is 0 Å². The van der Waals surface area contributed by atoms with Gasteiger partial charge in [-0.3, -0.25) is 0 Å². The summed E-state index contributed by atoms with van der Waals surface area (Å²) in [7, 11) is 1.64. The summed E-state index contributed by atoms with van der Waals surface area (Å²) < 4.78 is 14.1. The van der Waals surface area contributed by atoms with E-state index in [4.69, 9.17) is 9.47 Å². The first kappa shape index (κ1) is 19.2. The number of tetrazole rings is 1. The van der Waals surface area contributed by atoms with Crippen molar-refractivity contribution in [3.8, 4) is 11.5 Å². The second kappa shape index (κ2) is 9.36. The largest absolute Gasteiger partial charge is 0.493 e. The third-order valence-corrected chi connectivity index (χ3v) is 4.71. The van der Waals surface area contributed by atoms with Crippen molar-refractivity contribution in [3.05, 3.63) is 58.1 Å². The maximum absolute atomic E-state index is 5.94. The van der Waals surface area contributed by atoms with E-state index in [-0.39, 0.29) is 0 Å². The smallest absolute Gasteiger partial charge is 0.243 e. The normalized spacial score (nSPS) is 10.6. The van der Waals surface area contributed by atoms with E-state index < -0.39 is 0 Å². The highest BCUT2D eigenvalue weighted by atomic mass is 79.9. The number of methoxy groups -OCH3 is 1. The zero-order chi connectivity index (χ0) is 19.1. The number of hydrogen-bond donors (Lipinski definition) is 1. The van der Waals surface area contributed by atoms with Gasteiger partial charge in [-0.25, -0.2) is 4.68 Å². The first-order chi connectivity index (χ1) is 13.2. The zero-order valence-corrected chi connectivity index (χ0v) is 16.9. The van der Waals surface area contributed by atoms with Crippen molar-refractivity contribution in [2.75, 3.05) is 12.4 Å². The molecule has 0 atom stereocenters. The molecule has 0 aliphatic heterocycles. The number of aryl methyl sites for hydroxylation is 1. The maximum atomic E-state index is 5.94. The van der Waals surface area contributed by atoms with Crippen LogP contribution in [0.15, 0.2) is 46.9 Å². The summed E-state index contributed by atoms with van der Waals surface area (Å²) in [5, 5.41) is 15.0. The highest BCUT2D eigenvalue weighted by Crippen LogP contribution is 2.34. The van der Waals surface area contributed by atoms with Crippen LogP contribution in [0.5, 0.6) is 11.5 Å². The molecule has 0 aliphatic carbocycles. The monoisotopic (exact) mass is 431 g/mol. The van der Waals surface area contributed by atoms with E-state index in [1.807, 2.05) is 42.5 Å². The molecule has 3 rings (SSSR count). The topological polar surface area (TPSA) is 74.1 Å². The van der Waals surface area contributed by atoms with E-state index in [2.05, 4.69) is 43.7 Å². The number of benzene rings is 2. The number of halogens is 1. The van der Waals surface area contributed by atoms with Crippen LogP contribution in [0.2, 0.25) is 0 Å². The third-order valence-electron chi connectivity index (χ3n) is 3.97. The van der Waals surface area contributed by atoms with Crippen LogP contribution in [0.4, 0.5) is 5.95 Å². The molecule has 27 heavy (non-hydrogen) atoms. The molecular weight excluding hydrogens is 410 g/mol. The van der Waals surface area contributed by atoms with Crippen molar-refractivity contribution < 1.29 is 9.47 Å². The Labute approximate surface area is 166 Å². The van der Waals surface area contributed by atoms with Crippen molar-refractivity contribution in [1.29, 1.82) is 0 Å². The van der Waals surface area contributed by atoms with Crippen LogP contribution in [0.25, 0.3) is 0 Å². The van der Waals surface area contributed by atoms with Gasteiger partial charge in [0.05, 0.1) is 7.11 Å². The van der Waals surface area contributed by atoms with E-state index in [0.29, 0.717) is 30.6 Å². The minimum atomic E-state index is 0.479. The number of nitrogens with zero attached hydrogens (tertiary/aromatic N) is 4.